The van der Waals surface area contributed by atoms with E-state index in [0.29, 0.717) is 31.6 Å². The van der Waals surface area contributed by atoms with Gasteiger partial charge in [0, 0.05) is 42.8 Å². The molecule has 0 saturated carbocycles. The van der Waals surface area contributed by atoms with Gasteiger partial charge in [0.05, 0.1) is 16.9 Å². The zero-order valence-corrected chi connectivity index (χ0v) is 15.8. The number of hydrogen-bond acceptors (Lipinski definition) is 5. The Morgan fingerprint density at radius 3 is 2.63 bits per heavy atom. The van der Waals surface area contributed by atoms with Gasteiger partial charge in [0.2, 0.25) is 0 Å². The lowest BCUT2D eigenvalue weighted by molar-refractivity contribution is -0.383. The first-order chi connectivity index (χ1) is 13.0. The fourth-order valence-electron chi connectivity index (χ4n) is 3.54. The van der Waals surface area contributed by atoms with E-state index in [1.807, 2.05) is 31.2 Å². The van der Waals surface area contributed by atoms with Crippen LogP contribution in [-0.2, 0) is 4.74 Å². The molecule has 2 aromatic carbocycles. The second-order valence-corrected chi connectivity index (χ2v) is 6.86. The van der Waals surface area contributed by atoms with E-state index in [4.69, 9.17) is 4.74 Å². The van der Waals surface area contributed by atoms with E-state index in [9.17, 15) is 14.9 Å². The lowest BCUT2D eigenvalue weighted by Gasteiger charge is -2.40. The molecule has 1 fully saturated rings. The Bertz CT molecular complexity index is 839. The Morgan fingerprint density at radius 1 is 1.22 bits per heavy atom. The van der Waals surface area contributed by atoms with Crippen LogP contribution in [0.5, 0.6) is 0 Å². The van der Waals surface area contributed by atoms with E-state index in [0.717, 1.165) is 23.9 Å². The van der Waals surface area contributed by atoms with Crippen molar-refractivity contribution in [1.82, 2.24) is 4.90 Å². The maximum absolute atomic E-state index is 12.3. The molecule has 1 saturated heterocycles. The first-order valence-electron chi connectivity index (χ1n) is 9.37. The summed E-state index contributed by atoms with van der Waals surface area (Å²) in [5.41, 5.74) is 1.07. The Labute approximate surface area is 158 Å². The Balaban J connectivity index is 1.79. The van der Waals surface area contributed by atoms with Crippen LogP contribution >= 0.6 is 0 Å². The Kier molecular flexibility index (Phi) is 5.78. The fourth-order valence-corrected chi connectivity index (χ4v) is 3.54. The lowest BCUT2D eigenvalue weighted by Crippen LogP contribution is -2.54. The van der Waals surface area contributed by atoms with Crippen LogP contribution in [0.3, 0.4) is 0 Å². The standard InChI is InChI=1S/C20H25N3O4/c1-3-4-13-27-20(24)22-12-11-21(14-15(22)2)18-9-10-19(23(25)26)17-8-6-5-7-16(17)18/h5-10,15H,3-4,11-14H2,1-2H3. The number of benzene rings is 2. The molecule has 0 aliphatic carbocycles. The number of nitro groups is 1. The first-order valence-corrected chi connectivity index (χ1v) is 9.37. The average Bonchev–Trinajstić information content (AvgIpc) is 2.67. The molecule has 0 N–H and O–H groups in total. The van der Waals surface area contributed by atoms with Crippen LogP contribution in [0, 0.1) is 10.1 Å². The minimum Gasteiger partial charge on any atom is -0.449 e. The van der Waals surface area contributed by atoms with Crippen molar-refractivity contribution < 1.29 is 14.5 Å². The molecule has 0 radical (unpaired) electrons. The van der Waals surface area contributed by atoms with Crippen molar-refractivity contribution in [2.75, 3.05) is 31.1 Å². The average molecular weight is 371 g/mol. The zero-order valence-electron chi connectivity index (χ0n) is 15.8. The molecule has 7 heteroatoms. The molecule has 1 unspecified atom stereocenters. The molecule has 1 aliphatic heterocycles. The van der Waals surface area contributed by atoms with Crippen LogP contribution in [0.15, 0.2) is 36.4 Å². The topological polar surface area (TPSA) is 75.9 Å². The van der Waals surface area contributed by atoms with Gasteiger partial charge in [0.15, 0.2) is 0 Å². The van der Waals surface area contributed by atoms with Crippen LogP contribution in [0.25, 0.3) is 10.8 Å². The number of carbonyl (C=O) groups is 1. The maximum Gasteiger partial charge on any atom is 0.410 e. The number of hydrogen-bond donors (Lipinski definition) is 0. The van der Waals surface area contributed by atoms with E-state index in [2.05, 4.69) is 11.8 Å². The maximum atomic E-state index is 12.3. The van der Waals surface area contributed by atoms with Crippen LogP contribution in [0.1, 0.15) is 26.7 Å². The molecular formula is C20H25N3O4. The van der Waals surface area contributed by atoms with Crippen molar-refractivity contribution in [2.45, 2.75) is 32.7 Å². The number of amides is 1. The molecule has 7 nitrogen and oxygen atoms in total. The van der Waals surface area contributed by atoms with Gasteiger partial charge in [-0.05, 0) is 25.5 Å². The summed E-state index contributed by atoms with van der Waals surface area (Å²) in [6.07, 6.45) is 1.60. The van der Waals surface area contributed by atoms with Gasteiger partial charge in [-0.25, -0.2) is 4.79 Å². The summed E-state index contributed by atoms with van der Waals surface area (Å²) in [4.78, 5) is 27.2. The van der Waals surface area contributed by atoms with Crippen LogP contribution in [-0.4, -0.2) is 48.2 Å². The molecule has 1 amide bonds. The van der Waals surface area contributed by atoms with E-state index >= 15 is 0 Å². The van der Waals surface area contributed by atoms with Gasteiger partial charge in [-0.1, -0.05) is 31.5 Å². The van der Waals surface area contributed by atoms with Crippen molar-refractivity contribution in [1.29, 1.82) is 0 Å². The third kappa shape index (κ3) is 3.97. The van der Waals surface area contributed by atoms with E-state index in [-0.39, 0.29) is 22.7 Å². The molecule has 0 bridgehead atoms. The minimum atomic E-state index is -0.348. The smallest absolute Gasteiger partial charge is 0.410 e. The van der Waals surface area contributed by atoms with Crippen LogP contribution in [0.2, 0.25) is 0 Å². The van der Waals surface area contributed by atoms with Gasteiger partial charge in [-0.3, -0.25) is 10.1 Å². The molecule has 144 valence electrons. The lowest BCUT2D eigenvalue weighted by atomic mass is 10.0. The molecule has 3 rings (SSSR count). The van der Waals surface area contributed by atoms with Gasteiger partial charge >= 0.3 is 6.09 Å². The quantitative estimate of drug-likeness (QED) is 0.447. The fraction of sp³-hybridized carbons (Fsp3) is 0.450. The van der Waals surface area contributed by atoms with Gasteiger partial charge in [-0.15, -0.1) is 0 Å². The third-order valence-corrected chi connectivity index (χ3v) is 5.00. The first kappa shape index (κ1) is 18.9. The van der Waals surface area contributed by atoms with Gasteiger partial charge in [0.1, 0.15) is 0 Å². The highest BCUT2D eigenvalue weighted by Crippen LogP contribution is 2.34. The molecule has 0 aromatic heterocycles. The summed E-state index contributed by atoms with van der Waals surface area (Å²) in [6.45, 7) is 6.40. The highest BCUT2D eigenvalue weighted by atomic mass is 16.6. The largest absolute Gasteiger partial charge is 0.449 e. The van der Waals surface area contributed by atoms with Crippen molar-refractivity contribution in [3.8, 4) is 0 Å². The summed E-state index contributed by atoms with van der Waals surface area (Å²) >= 11 is 0. The molecule has 0 spiro atoms. The number of rotatable bonds is 5. The second-order valence-electron chi connectivity index (χ2n) is 6.86. The number of carbonyl (C=O) groups excluding carboxylic acids is 1. The monoisotopic (exact) mass is 371 g/mol. The highest BCUT2D eigenvalue weighted by Gasteiger charge is 2.29. The molecule has 2 aromatic rings. The number of unbranched alkanes of at least 4 members (excludes halogenated alkanes) is 1. The zero-order chi connectivity index (χ0) is 19.4. The Hall–Kier alpha value is -2.83. The van der Waals surface area contributed by atoms with Crippen molar-refractivity contribution in [2.24, 2.45) is 0 Å². The number of anilines is 1. The highest BCUT2D eigenvalue weighted by molar-refractivity contribution is 6.00. The predicted octanol–water partition coefficient (Wildman–Crippen LogP) is 4.20. The molecule has 1 atom stereocenters. The minimum absolute atomic E-state index is 0.00170. The van der Waals surface area contributed by atoms with E-state index in [1.165, 1.54) is 0 Å². The second kappa shape index (κ2) is 8.24. The Morgan fingerprint density at radius 2 is 1.96 bits per heavy atom. The summed E-state index contributed by atoms with van der Waals surface area (Å²) in [6, 6.07) is 10.8. The molecule has 27 heavy (non-hydrogen) atoms. The van der Waals surface area contributed by atoms with Crippen molar-refractivity contribution in [3.05, 3.63) is 46.5 Å². The summed E-state index contributed by atoms with van der Waals surface area (Å²) < 4.78 is 5.34. The number of fused-ring (bicyclic) bond motifs is 1. The molecule has 1 aliphatic rings. The number of piperazine rings is 1. The number of non-ortho nitro benzene ring substituents is 1. The summed E-state index contributed by atoms with van der Waals surface area (Å²) in [5, 5.41) is 12.8. The summed E-state index contributed by atoms with van der Waals surface area (Å²) in [5.74, 6) is 0. The third-order valence-electron chi connectivity index (χ3n) is 5.00. The molecular weight excluding hydrogens is 346 g/mol. The van der Waals surface area contributed by atoms with E-state index < -0.39 is 0 Å². The summed E-state index contributed by atoms with van der Waals surface area (Å²) in [7, 11) is 0. The molecule has 1 heterocycles. The van der Waals surface area contributed by atoms with Gasteiger partial charge in [0.25, 0.3) is 5.69 Å². The number of ether oxygens (including phenoxy) is 1. The van der Waals surface area contributed by atoms with Crippen LogP contribution < -0.4 is 4.90 Å². The van der Waals surface area contributed by atoms with E-state index in [1.54, 1.807) is 17.0 Å². The van der Waals surface area contributed by atoms with Crippen LogP contribution in [0.4, 0.5) is 16.2 Å². The van der Waals surface area contributed by atoms with Crippen molar-refractivity contribution in [3.63, 3.8) is 0 Å². The van der Waals surface area contributed by atoms with Gasteiger partial charge in [-0.2, -0.15) is 0 Å². The number of nitrogens with zero attached hydrogens (tertiary/aromatic N) is 3. The number of nitro benzene ring substituents is 1. The SMILES string of the molecule is CCCCOC(=O)N1CCN(c2ccc([N+](=O)[O-])c3ccccc23)CC1C. The normalized spacial score (nSPS) is 17.2. The van der Waals surface area contributed by atoms with Gasteiger partial charge < -0.3 is 14.5 Å². The van der Waals surface area contributed by atoms with Crippen molar-refractivity contribution >= 4 is 28.2 Å². The predicted molar refractivity (Wildman–Crippen MR) is 105 cm³/mol.